The minimum absolute atomic E-state index is 0.777. The lowest BCUT2D eigenvalue weighted by atomic mass is 9.97. The number of rotatable bonds is 4. The van der Waals surface area contributed by atoms with E-state index in [-0.39, 0.29) is 0 Å². The SMILES string of the molecule is CC[Si](C#Cc1ccc(C(C)(C)O)cc1)(CC)CC. The van der Waals surface area contributed by atoms with Crippen molar-refractivity contribution < 1.29 is 5.11 Å². The maximum absolute atomic E-state index is 9.92. The molecule has 0 aliphatic carbocycles. The molecule has 1 nitrogen and oxygen atoms in total. The van der Waals surface area contributed by atoms with E-state index in [1.165, 1.54) is 18.1 Å². The van der Waals surface area contributed by atoms with Gasteiger partial charge in [-0.1, -0.05) is 38.8 Å². The molecule has 0 atom stereocenters. The molecule has 1 rings (SSSR count). The summed E-state index contributed by atoms with van der Waals surface area (Å²) in [5.74, 6) is 3.35. The van der Waals surface area contributed by atoms with Gasteiger partial charge in [-0.3, -0.25) is 0 Å². The Morgan fingerprint density at radius 3 is 1.84 bits per heavy atom. The van der Waals surface area contributed by atoms with Crippen molar-refractivity contribution in [3.05, 3.63) is 35.4 Å². The second-order valence-corrected chi connectivity index (χ2v) is 10.7. The lowest BCUT2D eigenvalue weighted by molar-refractivity contribution is 0.0786. The van der Waals surface area contributed by atoms with E-state index in [0.29, 0.717) is 0 Å². The van der Waals surface area contributed by atoms with Gasteiger partial charge in [-0.25, -0.2) is 0 Å². The predicted octanol–water partition coefficient (Wildman–Crippen LogP) is 4.31. The molecule has 0 heterocycles. The summed E-state index contributed by atoms with van der Waals surface area (Å²) in [5, 5.41) is 9.92. The fraction of sp³-hybridized carbons (Fsp3) is 0.529. The standard InChI is InChI=1S/C17H26OSi/c1-6-19(7-2,8-3)14-13-15-9-11-16(12-10-15)17(4,5)18/h9-12,18H,6-8H2,1-5H3. The van der Waals surface area contributed by atoms with E-state index < -0.39 is 13.7 Å². The highest BCUT2D eigenvalue weighted by Crippen LogP contribution is 2.21. The summed E-state index contributed by atoms with van der Waals surface area (Å²) in [6, 6.07) is 11.7. The quantitative estimate of drug-likeness (QED) is 0.640. The van der Waals surface area contributed by atoms with E-state index in [2.05, 4.69) is 32.2 Å². The topological polar surface area (TPSA) is 20.2 Å². The van der Waals surface area contributed by atoms with Gasteiger partial charge in [0, 0.05) is 5.56 Å². The van der Waals surface area contributed by atoms with E-state index in [1.807, 2.05) is 24.3 Å². The fourth-order valence-corrected chi connectivity index (χ4v) is 4.62. The third-order valence-corrected chi connectivity index (χ3v) is 8.81. The monoisotopic (exact) mass is 274 g/mol. The Bertz CT molecular complexity index is 445. The van der Waals surface area contributed by atoms with E-state index in [4.69, 9.17) is 0 Å². The summed E-state index contributed by atoms with van der Waals surface area (Å²) in [7, 11) is -1.36. The van der Waals surface area contributed by atoms with Crippen molar-refractivity contribution in [2.75, 3.05) is 0 Å². The Labute approximate surface area is 119 Å². The molecule has 0 bridgehead atoms. The van der Waals surface area contributed by atoms with E-state index >= 15 is 0 Å². The predicted molar refractivity (Wildman–Crippen MR) is 85.8 cm³/mol. The van der Waals surface area contributed by atoms with Crippen molar-refractivity contribution in [1.82, 2.24) is 0 Å². The fourth-order valence-electron chi connectivity index (χ4n) is 2.18. The Balaban J connectivity index is 2.96. The Kier molecular flexibility index (Phi) is 5.40. The zero-order valence-electron chi connectivity index (χ0n) is 12.9. The van der Waals surface area contributed by atoms with Crippen LogP contribution in [0.1, 0.15) is 45.7 Å². The molecule has 0 spiro atoms. The van der Waals surface area contributed by atoms with Crippen LogP contribution in [-0.2, 0) is 5.60 Å². The van der Waals surface area contributed by atoms with E-state index in [1.54, 1.807) is 13.8 Å². The largest absolute Gasteiger partial charge is 0.386 e. The van der Waals surface area contributed by atoms with Crippen LogP contribution in [0.3, 0.4) is 0 Å². The average Bonchev–Trinajstić information content (AvgIpc) is 2.40. The zero-order valence-corrected chi connectivity index (χ0v) is 13.9. The first kappa shape index (κ1) is 16.0. The number of hydrogen-bond donors (Lipinski definition) is 1. The summed E-state index contributed by atoms with van der Waals surface area (Å²) in [6.07, 6.45) is 0. The van der Waals surface area contributed by atoms with Crippen LogP contribution in [0.2, 0.25) is 18.1 Å². The number of hydrogen-bond acceptors (Lipinski definition) is 1. The molecule has 2 heteroatoms. The molecular weight excluding hydrogens is 248 g/mol. The van der Waals surface area contributed by atoms with Gasteiger partial charge in [0.1, 0.15) is 8.07 Å². The first-order chi connectivity index (χ1) is 8.87. The van der Waals surface area contributed by atoms with Crippen LogP contribution in [0.25, 0.3) is 0 Å². The van der Waals surface area contributed by atoms with Crippen molar-refractivity contribution in [2.45, 2.75) is 58.4 Å². The molecule has 0 saturated carbocycles. The third-order valence-electron chi connectivity index (χ3n) is 4.09. The van der Waals surface area contributed by atoms with Crippen LogP contribution >= 0.6 is 0 Å². The van der Waals surface area contributed by atoms with Crippen molar-refractivity contribution in [1.29, 1.82) is 0 Å². The Hall–Kier alpha value is -1.04. The van der Waals surface area contributed by atoms with Gasteiger partial charge >= 0.3 is 0 Å². The van der Waals surface area contributed by atoms with Crippen molar-refractivity contribution in [2.24, 2.45) is 0 Å². The highest BCUT2D eigenvalue weighted by molar-refractivity contribution is 6.87. The van der Waals surface area contributed by atoms with Crippen LogP contribution < -0.4 is 0 Å². The summed E-state index contributed by atoms with van der Waals surface area (Å²) < 4.78 is 0. The van der Waals surface area contributed by atoms with Gasteiger partial charge in [0.15, 0.2) is 0 Å². The van der Waals surface area contributed by atoms with Crippen LogP contribution in [-0.4, -0.2) is 13.2 Å². The molecule has 1 aromatic carbocycles. The maximum Gasteiger partial charge on any atom is 0.138 e. The van der Waals surface area contributed by atoms with Crippen molar-refractivity contribution in [3.8, 4) is 11.5 Å². The molecule has 0 saturated heterocycles. The Morgan fingerprint density at radius 2 is 1.47 bits per heavy atom. The summed E-state index contributed by atoms with van der Waals surface area (Å²) in [6.45, 7) is 10.4. The van der Waals surface area contributed by atoms with Gasteiger partial charge in [0.2, 0.25) is 0 Å². The minimum Gasteiger partial charge on any atom is -0.386 e. The summed E-state index contributed by atoms with van der Waals surface area (Å²) >= 11 is 0. The number of aliphatic hydroxyl groups is 1. The molecule has 19 heavy (non-hydrogen) atoms. The Morgan fingerprint density at radius 1 is 1.00 bits per heavy atom. The maximum atomic E-state index is 9.92. The highest BCUT2D eigenvalue weighted by Gasteiger charge is 2.24. The summed E-state index contributed by atoms with van der Waals surface area (Å²) in [4.78, 5) is 0. The molecule has 0 aliphatic heterocycles. The second kappa shape index (κ2) is 6.41. The van der Waals surface area contributed by atoms with Gasteiger partial charge in [0.25, 0.3) is 0 Å². The van der Waals surface area contributed by atoms with Crippen LogP contribution in [0.15, 0.2) is 24.3 Å². The molecular formula is C17H26OSi. The van der Waals surface area contributed by atoms with Gasteiger partial charge in [-0.15, -0.1) is 5.54 Å². The lowest BCUT2D eigenvalue weighted by Crippen LogP contribution is -2.29. The van der Waals surface area contributed by atoms with Crippen LogP contribution in [0, 0.1) is 11.5 Å². The molecule has 0 aliphatic rings. The van der Waals surface area contributed by atoms with Gasteiger partial charge in [-0.05, 0) is 49.7 Å². The highest BCUT2D eigenvalue weighted by atomic mass is 28.3. The molecule has 0 radical (unpaired) electrons. The first-order valence-electron chi connectivity index (χ1n) is 7.23. The molecule has 0 unspecified atom stereocenters. The smallest absolute Gasteiger partial charge is 0.138 e. The zero-order chi connectivity index (χ0) is 14.5. The third kappa shape index (κ3) is 4.23. The van der Waals surface area contributed by atoms with E-state index in [0.717, 1.165) is 11.1 Å². The van der Waals surface area contributed by atoms with Gasteiger partial charge < -0.3 is 5.11 Å². The van der Waals surface area contributed by atoms with Crippen LogP contribution in [0.4, 0.5) is 0 Å². The minimum atomic E-state index is -1.36. The van der Waals surface area contributed by atoms with Crippen LogP contribution in [0.5, 0.6) is 0 Å². The second-order valence-electron chi connectivity index (χ2n) is 5.73. The normalized spacial score (nSPS) is 11.9. The summed E-state index contributed by atoms with van der Waals surface area (Å²) in [5.41, 5.74) is 4.80. The molecule has 1 N–H and O–H groups in total. The van der Waals surface area contributed by atoms with Crippen molar-refractivity contribution in [3.63, 3.8) is 0 Å². The first-order valence-corrected chi connectivity index (χ1v) is 9.85. The molecule has 0 aromatic heterocycles. The molecule has 0 fully saturated rings. The lowest BCUT2D eigenvalue weighted by Gasteiger charge is -2.20. The average molecular weight is 274 g/mol. The molecule has 1 aromatic rings. The number of benzene rings is 1. The van der Waals surface area contributed by atoms with Gasteiger partial charge in [-0.2, -0.15) is 0 Å². The van der Waals surface area contributed by atoms with E-state index in [9.17, 15) is 5.11 Å². The molecule has 0 amide bonds. The van der Waals surface area contributed by atoms with Crippen molar-refractivity contribution >= 4 is 8.07 Å². The van der Waals surface area contributed by atoms with Gasteiger partial charge in [0.05, 0.1) is 5.60 Å². The molecule has 104 valence electrons.